The van der Waals surface area contributed by atoms with Gasteiger partial charge in [0.2, 0.25) is 0 Å². The molecule has 178 valence electrons. The molecule has 0 amide bonds. The van der Waals surface area contributed by atoms with Gasteiger partial charge in [-0.2, -0.15) is 0 Å². The van der Waals surface area contributed by atoms with E-state index >= 15 is 0 Å². The summed E-state index contributed by atoms with van der Waals surface area (Å²) in [6, 6.07) is 13.9. The van der Waals surface area contributed by atoms with Crippen molar-refractivity contribution in [3.05, 3.63) is 71.5 Å². The molecule has 0 unspecified atom stereocenters. The third-order valence-corrected chi connectivity index (χ3v) is 7.01. The van der Waals surface area contributed by atoms with E-state index in [1.165, 1.54) is 0 Å². The van der Waals surface area contributed by atoms with Crippen molar-refractivity contribution < 1.29 is 9.84 Å². The number of pyridine rings is 2. The molecule has 1 aromatic carbocycles. The minimum atomic E-state index is -0.369. The van der Waals surface area contributed by atoms with Crippen LogP contribution in [-0.4, -0.2) is 57.0 Å². The molecule has 3 aromatic heterocycles. The number of aliphatic hydroxyl groups excluding tert-OH is 1. The number of nitrogens with zero attached hydrogens (tertiary/aromatic N) is 5. The number of morpholine rings is 1. The van der Waals surface area contributed by atoms with Gasteiger partial charge in [-0.1, -0.05) is 12.1 Å². The number of rotatable bonds is 4. The van der Waals surface area contributed by atoms with Gasteiger partial charge in [0.1, 0.15) is 5.52 Å². The third-order valence-electron chi connectivity index (χ3n) is 7.01. The Hall–Kier alpha value is -3.62. The monoisotopic (exact) mass is 469 g/mol. The van der Waals surface area contributed by atoms with Gasteiger partial charge >= 0.3 is 0 Å². The molecule has 2 fully saturated rings. The second kappa shape index (κ2) is 9.20. The van der Waals surface area contributed by atoms with Gasteiger partial charge in [-0.15, -0.1) is 0 Å². The van der Waals surface area contributed by atoms with E-state index < -0.39 is 0 Å². The summed E-state index contributed by atoms with van der Waals surface area (Å²) in [5, 5.41) is 10.5. The summed E-state index contributed by atoms with van der Waals surface area (Å²) in [6.07, 6.45) is 6.73. The van der Waals surface area contributed by atoms with Crippen molar-refractivity contribution in [3.8, 4) is 22.5 Å². The SMILES string of the molecule is O=c1c2cc(-c3ccc(N4CCOCC4)cc3)nc(-c3cccnc3)c2ncn1[C@@H]1CC[C@H](O)C1. The molecule has 1 N–H and O–H groups in total. The van der Waals surface area contributed by atoms with Crippen LogP contribution in [0.3, 0.4) is 0 Å². The fourth-order valence-corrected chi connectivity index (χ4v) is 5.11. The first-order valence-electron chi connectivity index (χ1n) is 12.1. The summed E-state index contributed by atoms with van der Waals surface area (Å²) in [5.74, 6) is 0. The maximum atomic E-state index is 13.6. The highest BCUT2D eigenvalue weighted by atomic mass is 16.5. The van der Waals surface area contributed by atoms with E-state index in [0.29, 0.717) is 35.1 Å². The molecule has 4 heterocycles. The first-order valence-corrected chi connectivity index (χ1v) is 12.1. The van der Waals surface area contributed by atoms with Crippen LogP contribution in [0.2, 0.25) is 0 Å². The van der Waals surface area contributed by atoms with Crippen molar-refractivity contribution in [1.82, 2.24) is 19.5 Å². The normalized spacial score (nSPS) is 20.4. The molecule has 8 heteroatoms. The molecule has 8 nitrogen and oxygen atoms in total. The van der Waals surface area contributed by atoms with E-state index in [1.54, 1.807) is 23.3 Å². The van der Waals surface area contributed by atoms with Crippen molar-refractivity contribution in [2.45, 2.75) is 31.4 Å². The molecular formula is C27H27N5O3. The van der Waals surface area contributed by atoms with Crippen molar-refractivity contribution in [3.63, 3.8) is 0 Å². The Balaban J connectivity index is 1.47. The predicted octanol–water partition coefficient (Wildman–Crippen LogP) is 3.44. The van der Waals surface area contributed by atoms with Crippen molar-refractivity contribution in [1.29, 1.82) is 0 Å². The standard InChI is InChI=1S/C27H27N5O3/c33-22-8-7-21(14-22)32-17-29-26-23(27(32)34)15-24(30-25(26)19-2-1-9-28-16-19)18-3-5-20(6-4-18)31-10-12-35-13-11-31/h1-6,9,15-17,21-22,33H,7-8,10-14H2/t21-,22+/m1/s1. The van der Waals surface area contributed by atoms with Crippen LogP contribution >= 0.6 is 0 Å². The first-order chi connectivity index (χ1) is 17.2. The Morgan fingerprint density at radius 1 is 1.03 bits per heavy atom. The van der Waals surface area contributed by atoms with Crippen molar-refractivity contribution >= 4 is 16.6 Å². The Morgan fingerprint density at radius 3 is 2.57 bits per heavy atom. The molecule has 1 aliphatic heterocycles. The van der Waals surface area contributed by atoms with E-state index in [9.17, 15) is 9.90 Å². The highest BCUT2D eigenvalue weighted by molar-refractivity contribution is 5.93. The molecule has 1 aliphatic carbocycles. The van der Waals surface area contributed by atoms with Crippen LogP contribution < -0.4 is 10.5 Å². The number of benzene rings is 1. The third kappa shape index (κ3) is 4.19. The summed E-state index contributed by atoms with van der Waals surface area (Å²) in [5.41, 5.74) is 4.70. The number of aromatic nitrogens is 4. The lowest BCUT2D eigenvalue weighted by molar-refractivity contribution is 0.122. The van der Waals surface area contributed by atoms with Gasteiger partial charge in [-0.25, -0.2) is 9.97 Å². The van der Waals surface area contributed by atoms with Gasteiger partial charge in [0, 0.05) is 48.3 Å². The maximum Gasteiger partial charge on any atom is 0.261 e. The Morgan fingerprint density at radius 2 is 1.86 bits per heavy atom. The maximum absolute atomic E-state index is 13.6. The van der Waals surface area contributed by atoms with E-state index in [4.69, 9.17) is 9.72 Å². The highest BCUT2D eigenvalue weighted by Crippen LogP contribution is 2.32. The fourth-order valence-electron chi connectivity index (χ4n) is 5.11. The zero-order chi connectivity index (χ0) is 23.8. The van der Waals surface area contributed by atoms with Crippen LogP contribution in [0.5, 0.6) is 0 Å². The van der Waals surface area contributed by atoms with Gasteiger partial charge < -0.3 is 14.7 Å². The number of aliphatic hydroxyl groups is 1. The first kappa shape index (κ1) is 21.9. The lowest BCUT2D eigenvalue weighted by Crippen LogP contribution is -2.36. The van der Waals surface area contributed by atoms with E-state index in [2.05, 4.69) is 27.0 Å². The molecule has 2 atom stereocenters. The largest absolute Gasteiger partial charge is 0.393 e. The zero-order valence-electron chi connectivity index (χ0n) is 19.4. The summed E-state index contributed by atoms with van der Waals surface area (Å²) < 4.78 is 7.14. The fraction of sp³-hybridized carbons (Fsp3) is 0.333. The van der Waals surface area contributed by atoms with Gasteiger partial charge in [-0.3, -0.25) is 14.3 Å². The molecule has 0 radical (unpaired) electrons. The highest BCUT2D eigenvalue weighted by Gasteiger charge is 2.26. The summed E-state index contributed by atoms with van der Waals surface area (Å²) >= 11 is 0. The number of fused-ring (bicyclic) bond motifs is 1. The van der Waals surface area contributed by atoms with E-state index in [1.807, 2.05) is 30.3 Å². The predicted molar refractivity (Wildman–Crippen MR) is 134 cm³/mol. The molecule has 2 aliphatic rings. The number of hydrogen-bond acceptors (Lipinski definition) is 7. The number of anilines is 1. The van der Waals surface area contributed by atoms with Crippen LogP contribution in [0, 0.1) is 0 Å². The van der Waals surface area contributed by atoms with Gasteiger partial charge in [-0.05, 0) is 49.6 Å². The topological polar surface area (TPSA) is 93.4 Å². The molecule has 4 aromatic rings. The summed E-state index contributed by atoms with van der Waals surface area (Å²) in [7, 11) is 0. The van der Waals surface area contributed by atoms with Crippen LogP contribution in [0.1, 0.15) is 25.3 Å². The van der Waals surface area contributed by atoms with Crippen molar-refractivity contribution in [2.24, 2.45) is 0 Å². The van der Waals surface area contributed by atoms with Crippen LogP contribution in [-0.2, 0) is 4.74 Å². The second-order valence-corrected chi connectivity index (χ2v) is 9.22. The quantitative estimate of drug-likeness (QED) is 0.489. The minimum absolute atomic E-state index is 0.0411. The van der Waals surface area contributed by atoms with Crippen LogP contribution in [0.4, 0.5) is 5.69 Å². The Kier molecular flexibility index (Phi) is 5.75. The molecule has 1 saturated heterocycles. The molecule has 0 spiro atoms. The smallest absolute Gasteiger partial charge is 0.261 e. The molecule has 0 bridgehead atoms. The van der Waals surface area contributed by atoms with Gasteiger partial charge in [0.15, 0.2) is 0 Å². The summed E-state index contributed by atoms with van der Waals surface area (Å²) in [4.78, 5) is 29.8. The molecule has 6 rings (SSSR count). The van der Waals surface area contributed by atoms with Crippen LogP contribution in [0.25, 0.3) is 33.4 Å². The van der Waals surface area contributed by atoms with E-state index in [0.717, 1.165) is 49.5 Å². The van der Waals surface area contributed by atoms with Crippen LogP contribution in [0.15, 0.2) is 66.0 Å². The number of ether oxygens (including phenoxy) is 1. The van der Waals surface area contributed by atoms with E-state index in [-0.39, 0.29) is 17.7 Å². The lowest BCUT2D eigenvalue weighted by Gasteiger charge is -2.28. The molecule has 1 saturated carbocycles. The molecule has 35 heavy (non-hydrogen) atoms. The average molecular weight is 470 g/mol. The second-order valence-electron chi connectivity index (χ2n) is 9.22. The van der Waals surface area contributed by atoms with Crippen molar-refractivity contribution in [2.75, 3.05) is 31.2 Å². The number of hydrogen-bond donors (Lipinski definition) is 1. The zero-order valence-corrected chi connectivity index (χ0v) is 19.4. The Bertz CT molecular complexity index is 1400. The lowest BCUT2D eigenvalue weighted by atomic mass is 10.0. The van der Waals surface area contributed by atoms with Gasteiger partial charge in [0.25, 0.3) is 5.56 Å². The minimum Gasteiger partial charge on any atom is -0.393 e. The average Bonchev–Trinajstić information content (AvgIpc) is 3.35. The Labute approximate surface area is 202 Å². The van der Waals surface area contributed by atoms with Gasteiger partial charge in [0.05, 0.1) is 42.4 Å². The summed E-state index contributed by atoms with van der Waals surface area (Å²) in [6.45, 7) is 3.22. The molecular weight excluding hydrogens is 442 g/mol.